The van der Waals surface area contributed by atoms with Crippen LogP contribution in [0.2, 0.25) is 0 Å². The molecule has 0 aliphatic carbocycles. The molecule has 0 amide bonds. The molecule has 38 heavy (non-hydrogen) atoms. The van der Waals surface area contributed by atoms with Crippen LogP contribution in [0.5, 0.6) is 0 Å². The maximum absolute atomic E-state index is 13.1. The molecule has 4 N–H and O–H groups in total. The lowest BCUT2D eigenvalue weighted by Gasteiger charge is -2.31. The number of unbranched alkanes of at least 4 members (excludes halogenated alkanes) is 13. The van der Waals surface area contributed by atoms with Crippen molar-refractivity contribution in [3.05, 3.63) is 12.7 Å². The molecule has 2 aromatic heterocycles. The first kappa shape index (κ1) is 29.4. The number of nitrogens with two attached hydrogens (primary N) is 1. The SMILES string of the molecule is CCCCCCCCCCCCCCCCNP1(=O)OC[C@H]2O[C@@H](n3cnc4c(N)ncnc43)[C@H](O)[C@@H]2O1. The zero-order valence-corrected chi connectivity index (χ0v) is 23.6. The van der Waals surface area contributed by atoms with Gasteiger partial charge in [0.25, 0.3) is 0 Å². The smallest absolute Gasteiger partial charge is 0.386 e. The summed E-state index contributed by atoms with van der Waals surface area (Å²) in [6, 6.07) is 0. The largest absolute Gasteiger partial charge is 0.406 e. The van der Waals surface area contributed by atoms with Crippen molar-refractivity contribution in [1.82, 2.24) is 24.6 Å². The molecule has 214 valence electrons. The fraction of sp³-hybridized carbons (Fsp3) is 0.808. The molecule has 4 heterocycles. The second-order valence-electron chi connectivity index (χ2n) is 10.5. The van der Waals surface area contributed by atoms with Crippen molar-refractivity contribution in [2.45, 2.75) is 121 Å². The summed E-state index contributed by atoms with van der Waals surface area (Å²) in [5.41, 5.74) is 6.74. The molecule has 4 rings (SSSR count). The monoisotopic (exact) mass is 552 g/mol. The van der Waals surface area contributed by atoms with Crippen molar-refractivity contribution in [2.24, 2.45) is 0 Å². The lowest BCUT2D eigenvalue weighted by Crippen LogP contribution is -2.41. The van der Waals surface area contributed by atoms with Gasteiger partial charge in [-0.25, -0.2) is 24.6 Å². The summed E-state index contributed by atoms with van der Waals surface area (Å²) >= 11 is 0. The maximum atomic E-state index is 13.1. The van der Waals surface area contributed by atoms with E-state index in [9.17, 15) is 9.67 Å². The minimum Gasteiger partial charge on any atom is -0.386 e. The second-order valence-corrected chi connectivity index (χ2v) is 12.3. The van der Waals surface area contributed by atoms with Crippen molar-refractivity contribution >= 4 is 24.7 Å². The molecule has 0 radical (unpaired) electrons. The van der Waals surface area contributed by atoms with Gasteiger partial charge >= 0.3 is 7.75 Å². The summed E-state index contributed by atoms with van der Waals surface area (Å²) in [6.07, 6.45) is 17.6. The number of hydrogen-bond donors (Lipinski definition) is 3. The second kappa shape index (κ2) is 14.7. The Bertz CT molecular complexity index is 1040. The van der Waals surface area contributed by atoms with E-state index in [2.05, 4.69) is 27.0 Å². The average Bonchev–Trinajstić information content (AvgIpc) is 3.48. The number of hydrogen-bond acceptors (Lipinski definition) is 9. The fourth-order valence-corrected chi connectivity index (χ4v) is 6.83. The van der Waals surface area contributed by atoms with Crippen molar-refractivity contribution in [3.63, 3.8) is 0 Å². The van der Waals surface area contributed by atoms with Gasteiger partial charge < -0.3 is 15.6 Å². The van der Waals surface area contributed by atoms with E-state index in [1.165, 1.54) is 89.7 Å². The van der Waals surface area contributed by atoms with Crippen molar-refractivity contribution in [2.75, 3.05) is 18.9 Å². The third-order valence-corrected chi connectivity index (χ3v) is 9.10. The Morgan fingerprint density at radius 3 is 2.29 bits per heavy atom. The first-order valence-corrected chi connectivity index (χ1v) is 16.0. The molecule has 2 aliphatic rings. The minimum atomic E-state index is -3.53. The Kier molecular flexibility index (Phi) is 11.3. The van der Waals surface area contributed by atoms with Crippen LogP contribution in [0.1, 0.15) is 103 Å². The Labute approximate surface area is 225 Å². The number of nitrogens with zero attached hydrogens (tertiary/aromatic N) is 4. The number of ether oxygens (including phenoxy) is 1. The van der Waals surface area contributed by atoms with Gasteiger partial charge in [-0.2, -0.15) is 0 Å². The molecule has 11 nitrogen and oxygen atoms in total. The molecule has 2 saturated heterocycles. The molecule has 5 atom stereocenters. The number of nitrogens with one attached hydrogen (secondary N) is 1. The minimum absolute atomic E-state index is 0.0605. The van der Waals surface area contributed by atoms with Crippen LogP contribution < -0.4 is 10.8 Å². The highest BCUT2D eigenvalue weighted by molar-refractivity contribution is 7.51. The quantitative estimate of drug-likeness (QED) is 0.175. The first-order valence-electron chi connectivity index (χ1n) is 14.5. The molecule has 2 aliphatic heterocycles. The molecule has 12 heteroatoms. The zero-order chi connectivity index (χ0) is 26.8. The van der Waals surface area contributed by atoms with Crippen molar-refractivity contribution in [1.29, 1.82) is 0 Å². The van der Waals surface area contributed by atoms with E-state index < -0.39 is 32.3 Å². The summed E-state index contributed by atoms with van der Waals surface area (Å²) in [6.45, 7) is 2.86. The van der Waals surface area contributed by atoms with E-state index in [1.807, 2.05) is 0 Å². The Morgan fingerprint density at radius 1 is 1.00 bits per heavy atom. The fourth-order valence-electron chi connectivity index (χ4n) is 5.25. The van der Waals surface area contributed by atoms with Gasteiger partial charge in [-0.3, -0.25) is 13.6 Å². The van der Waals surface area contributed by atoms with Crippen LogP contribution in [0.15, 0.2) is 12.7 Å². The number of aliphatic hydroxyl groups is 1. The van der Waals surface area contributed by atoms with Gasteiger partial charge in [0.05, 0.1) is 12.9 Å². The van der Waals surface area contributed by atoms with Crippen LogP contribution in [0.3, 0.4) is 0 Å². The van der Waals surface area contributed by atoms with E-state index in [-0.39, 0.29) is 12.4 Å². The lowest BCUT2D eigenvalue weighted by molar-refractivity contribution is -0.0595. The van der Waals surface area contributed by atoms with E-state index >= 15 is 0 Å². The highest BCUT2D eigenvalue weighted by Crippen LogP contribution is 2.52. The number of fused-ring (bicyclic) bond motifs is 2. The van der Waals surface area contributed by atoms with Crippen LogP contribution in [0.25, 0.3) is 11.2 Å². The van der Waals surface area contributed by atoms with Gasteiger partial charge in [-0.1, -0.05) is 90.4 Å². The van der Waals surface area contributed by atoms with Crippen LogP contribution in [0.4, 0.5) is 5.82 Å². The molecular formula is C26H45N6O5P. The van der Waals surface area contributed by atoms with E-state index in [0.29, 0.717) is 17.7 Å². The summed E-state index contributed by atoms with van der Waals surface area (Å²) in [7, 11) is -3.53. The first-order chi connectivity index (χ1) is 18.5. The Hall–Kier alpha value is -1.62. The van der Waals surface area contributed by atoms with Crippen LogP contribution in [-0.4, -0.2) is 56.1 Å². The molecule has 0 aromatic carbocycles. The molecule has 0 saturated carbocycles. The normalized spacial score (nSPS) is 27.2. The van der Waals surface area contributed by atoms with Crippen LogP contribution >= 0.6 is 7.75 Å². The zero-order valence-electron chi connectivity index (χ0n) is 22.7. The molecule has 0 spiro atoms. The topological polar surface area (TPSA) is 147 Å². The lowest BCUT2D eigenvalue weighted by atomic mass is 10.0. The highest BCUT2D eigenvalue weighted by Gasteiger charge is 2.52. The van der Waals surface area contributed by atoms with Gasteiger partial charge in [0, 0.05) is 6.54 Å². The molecule has 1 unspecified atom stereocenters. The highest BCUT2D eigenvalue weighted by atomic mass is 31.2. The van der Waals surface area contributed by atoms with Crippen molar-refractivity contribution in [3.8, 4) is 0 Å². The Balaban J connectivity index is 1.09. The van der Waals surface area contributed by atoms with Gasteiger partial charge in [0.1, 0.15) is 30.2 Å². The molecule has 2 aromatic rings. The van der Waals surface area contributed by atoms with E-state index in [4.69, 9.17) is 19.5 Å². The predicted octanol–water partition coefficient (Wildman–Crippen LogP) is 5.26. The number of aromatic nitrogens is 4. The van der Waals surface area contributed by atoms with Gasteiger partial charge in [-0.05, 0) is 6.42 Å². The third kappa shape index (κ3) is 7.73. The summed E-state index contributed by atoms with van der Waals surface area (Å²) in [5.74, 6) is 0.246. The third-order valence-electron chi connectivity index (χ3n) is 7.48. The summed E-state index contributed by atoms with van der Waals surface area (Å²) in [4.78, 5) is 12.4. The summed E-state index contributed by atoms with van der Waals surface area (Å²) < 4.78 is 32.0. The van der Waals surface area contributed by atoms with E-state index in [0.717, 1.165) is 12.8 Å². The average molecular weight is 553 g/mol. The number of aliphatic hydroxyl groups excluding tert-OH is 1. The number of imidazole rings is 1. The number of nitrogen functional groups attached to an aromatic ring is 1. The predicted molar refractivity (Wildman–Crippen MR) is 146 cm³/mol. The van der Waals surface area contributed by atoms with Crippen molar-refractivity contribution < 1.29 is 23.5 Å². The number of anilines is 1. The maximum Gasteiger partial charge on any atom is 0.406 e. The molecule has 2 fully saturated rings. The van der Waals surface area contributed by atoms with Crippen LogP contribution in [0, 0.1) is 0 Å². The van der Waals surface area contributed by atoms with E-state index in [1.54, 1.807) is 4.57 Å². The Morgan fingerprint density at radius 2 is 1.63 bits per heavy atom. The molecular weight excluding hydrogens is 507 g/mol. The number of rotatable bonds is 17. The van der Waals surface area contributed by atoms with Gasteiger partial charge in [-0.15, -0.1) is 0 Å². The van der Waals surface area contributed by atoms with Gasteiger partial charge in [0.15, 0.2) is 17.7 Å². The molecule has 0 bridgehead atoms. The van der Waals surface area contributed by atoms with Gasteiger partial charge in [0.2, 0.25) is 0 Å². The van der Waals surface area contributed by atoms with Crippen LogP contribution in [-0.2, 0) is 18.3 Å². The summed E-state index contributed by atoms with van der Waals surface area (Å²) in [5, 5.41) is 13.9. The standard InChI is InChI=1S/C26H45N6O5P/c1-2-3-4-5-6-7-8-9-10-11-12-13-14-15-16-31-38(34)35-17-20-23(37-38)22(33)26(36-20)32-19-30-21-24(27)28-18-29-25(21)32/h18-20,22-23,26,33H,2-17H2,1H3,(H,31,34)(H2,27,28,29)/t20-,22-,23-,26-,38?/m1/s1.